The molecule has 0 amide bonds. The van der Waals surface area contributed by atoms with E-state index in [1.807, 2.05) is 0 Å². The molecule has 1 aromatic carbocycles. The van der Waals surface area contributed by atoms with Crippen LogP contribution >= 0.6 is 0 Å². The minimum atomic E-state index is -1.27. The molecule has 0 saturated heterocycles. The van der Waals surface area contributed by atoms with E-state index in [4.69, 9.17) is 16.3 Å². The maximum Gasteiger partial charge on any atom is 0.341 e. The second-order valence-electron chi connectivity index (χ2n) is 4.26. The standard InChI is InChI=1S/C16H13NO4/c1-3-10-17-14(9-8-13(15(17)18)16(19)20)11-4-6-12(21-2)7-5-11/h1,4-9H,10H2,2H3,(H,19,20). The molecule has 106 valence electrons. The Bertz CT molecular complexity index is 766. The third-order valence-electron chi connectivity index (χ3n) is 3.04. The molecule has 5 nitrogen and oxygen atoms in total. The summed E-state index contributed by atoms with van der Waals surface area (Å²) in [5.74, 6) is 1.78. The van der Waals surface area contributed by atoms with E-state index in [1.165, 1.54) is 10.6 Å². The van der Waals surface area contributed by atoms with Crippen LogP contribution in [0.5, 0.6) is 5.75 Å². The lowest BCUT2D eigenvalue weighted by Crippen LogP contribution is -2.27. The number of terminal acetylenes is 1. The number of rotatable bonds is 4. The van der Waals surface area contributed by atoms with Crippen molar-refractivity contribution in [3.8, 4) is 29.4 Å². The SMILES string of the molecule is C#CCn1c(-c2ccc(OC)cc2)ccc(C(=O)O)c1=O. The molecule has 0 bridgehead atoms. The van der Waals surface area contributed by atoms with Crippen molar-refractivity contribution in [2.75, 3.05) is 7.11 Å². The van der Waals surface area contributed by atoms with Gasteiger partial charge in [0.05, 0.1) is 19.3 Å². The van der Waals surface area contributed by atoms with Gasteiger partial charge in [0.15, 0.2) is 0 Å². The van der Waals surface area contributed by atoms with Gasteiger partial charge in [-0.15, -0.1) is 6.42 Å². The van der Waals surface area contributed by atoms with Crippen molar-refractivity contribution in [1.29, 1.82) is 0 Å². The van der Waals surface area contributed by atoms with Crippen molar-refractivity contribution in [3.05, 3.63) is 52.3 Å². The Morgan fingerprint density at radius 1 is 1.29 bits per heavy atom. The molecule has 0 aliphatic carbocycles. The fourth-order valence-corrected chi connectivity index (χ4v) is 2.00. The predicted octanol–water partition coefficient (Wildman–Crippen LogP) is 1.86. The smallest absolute Gasteiger partial charge is 0.341 e. The zero-order valence-corrected chi connectivity index (χ0v) is 11.4. The lowest BCUT2D eigenvalue weighted by atomic mass is 10.1. The van der Waals surface area contributed by atoms with E-state index in [0.717, 1.165) is 5.56 Å². The van der Waals surface area contributed by atoms with Crippen molar-refractivity contribution >= 4 is 5.97 Å². The molecule has 0 atom stereocenters. The number of carbonyl (C=O) groups is 1. The number of carboxylic acid groups (broad SMARTS) is 1. The first-order chi connectivity index (χ1) is 10.1. The van der Waals surface area contributed by atoms with E-state index in [0.29, 0.717) is 11.4 Å². The van der Waals surface area contributed by atoms with Crippen LogP contribution in [0.25, 0.3) is 11.3 Å². The average molecular weight is 283 g/mol. The second-order valence-corrected chi connectivity index (χ2v) is 4.26. The number of methoxy groups -OCH3 is 1. The summed E-state index contributed by atoms with van der Waals surface area (Å²) >= 11 is 0. The first-order valence-electron chi connectivity index (χ1n) is 6.13. The first-order valence-corrected chi connectivity index (χ1v) is 6.13. The molecule has 21 heavy (non-hydrogen) atoms. The number of hydrogen-bond acceptors (Lipinski definition) is 3. The highest BCUT2D eigenvalue weighted by molar-refractivity contribution is 5.87. The second kappa shape index (κ2) is 5.97. The lowest BCUT2D eigenvalue weighted by Gasteiger charge is -2.12. The van der Waals surface area contributed by atoms with Crippen LogP contribution in [0, 0.1) is 12.3 Å². The normalized spacial score (nSPS) is 9.90. The van der Waals surface area contributed by atoms with Crippen LogP contribution in [0.2, 0.25) is 0 Å². The number of hydrogen-bond donors (Lipinski definition) is 1. The largest absolute Gasteiger partial charge is 0.497 e. The number of aromatic nitrogens is 1. The minimum Gasteiger partial charge on any atom is -0.497 e. The molecule has 1 heterocycles. The Morgan fingerprint density at radius 2 is 1.95 bits per heavy atom. The number of ether oxygens (including phenoxy) is 1. The first kappa shape index (κ1) is 14.4. The zero-order chi connectivity index (χ0) is 15.4. The summed E-state index contributed by atoms with van der Waals surface area (Å²) in [5, 5.41) is 9.01. The average Bonchev–Trinajstić information content (AvgIpc) is 2.49. The van der Waals surface area contributed by atoms with Crippen molar-refractivity contribution in [3.63, 3.8) is 0 Å². The van der Waals surface area contributed by atoms with Crippen LogP contribution in [-0.2, 0) is 6.54 Å². The Hall–Kier alpha value is -3.00. The summed E-state index contributed by atoms with van der Waals surface area (Å²) in [6, 6.07) is 9.93. The summed E-state index contributed by atoms with van der Waals surface area (Å²) in [5.41, 5.74) is 0.391. The van der Waals surface area contributed by atoms with Gasteiger partial charge in [-0.25, -0.2) is 4.79 Å². The molecule has 0 unspecified atom stereocenters. The highest BCUT2D eigenvalue weighted by Crippen LogP contribution is 2.21. The number of aromatic carboxylic acids is 1. The monoisotopic (exact) mass is 283 g/mol. The predicted molar refractivity (Wildman–Crippen MR) is 78.5 cm³/mol. The summed E-state index contributed by atoms with van der Waals surface area (Å²) in [4.78, 5) is 23.2. The van der Waals surface area contributed by atoms with Crippen LogP contribution in [-0.4, -0.2) is 22.8 Å². The highest BCUT2D eigenvalue weighted by atomic mass is 16.5. The fourth-order valence-electron chi connectivity index (χ4n) is 2.00. The molecule has 0 spiro atoms. The Morgan fingerprint density at radius 3 is 2.48 bits per heavy atom. The Labute approximate surface area is 121 Å². The van der Waals surface area contributed by atoms with Crippen LogP contribution in [0.3, 0.4) is 0 Å². The van der Waals surface area contributed by atoms with Gasteiger partial charge in [-0.1, -0.05) is 5.92 Å². The van der Waals surface area contributed by atoms with Gasteiger partial charge in [0.2, 0.25) is 0 Å². The molecule has 2 rings (SSSR count). The van der Waals surface area contributed by atoms with Gasteiger partial charge in [0.1, 0.15) is 11.3 Å². The summed E-state index contributed by atoms with van der Waals surface area (Å²) < 4.78 is 6.35. The van der Waals surface area contributed by atoms with E-state index in [-0.39, 0.29) is 12.1 Å². The maximum atomic E-state index is 12.2. The number of pyridine rings is 1. The summed E-state index contributed by atoms with van der Waals surface area (Å²) in [6.45, 7) is 0.00131. The lowest BCUT2D eigenvalue weighted by molar-refractivity contribution is 0.0694. The number of nitrogens with zero attached hydrogens (tertiary/aromatic N) is 1. The Kier molecular flexibility index (Phi) is 4.10. The molecule has 0 radical (unpaired) electrons. The zero-order valence-electron chi connectivity index (χ0n) is 11.4. The van der Waals surface area contributed by atoms with Crippen LogP contribution in [0.4, 0.5) is 0 Å². The van der Waals surface area contributed by atoms with E-state index in [9.17, 15) is 9.59 Å². The van der Waals surface area contributed by atoms with Crippen LogP contribution < -0.4 is 10.3 Å². The van der Waals surface area contributed by atoms with Crippen molar-refractivity contribution in [2.45, 2.75) is 6.54 Å². The molecular weight excluding hydrogens is 270 g/mol. The summed E-state index contributed by atoms with van der Waals surface area (Å²) in [6.07, 6.45) is 5.27. The van der Waals surface area contributed by atoms with Gasteiger partial charge >= 0.3 is 5.97 Å². The molecule has 0 saturated carbocycles. The molecule has 0 fully saturated rings. The molecule has 5 heteroatoms. The maximum absolute atomic E-state index is 12.2. The van der Waals surface area contributed by atoms with E-state index in [2.05, 4.69) is 5.92 Å². The molecule has 1 aromatic heterocycles. The third-order valence-corrected chi connectivity index (χ3v) is 3.04. The molecule has 0 aliphatic heterocycles. The minimum absolute atomic E-state index is 0.00131. The molecular formula is C16H13NO4. The van der Waals surface area contributed by atoms with Crippen LogP contribution in [0.1, 0.15) is 10.4 Å². The van der Waals surface area contributed by atoms with Crippen LogP contribution in [0.15, 0.2) is 41.2 Å². The van der Waals surface area contributed by atoms with Crippen molar-refractivity contribution < 1.29 is 14.6 Å². The van der Waals surface area contributed by atoms with Gasteiger partial charge in [-0.05, 0) is 42.0 Å². The number of carboxylic acids is 1. The fraction of sp³-hybridized carbons (Fsp3) is 0.125. The van der Waals surface area contributed by atoms with Gasteiger partial charge < -0.3 is 9.84 Å². The molecule has 1 N–H and O–H groups in total. The Balaban J connectivity index is 2.62. The highest BCUT2D eigenvalue weighted by Gasteiger charge is 2.14. The summed E-state index contributed by atoms with van der Waals surface area (Å²) in [7, 11) is 1.56. The number of benzene rings is 1. The van der Waals surface area contributed by atoms with Crippen molar-refractivity contribution in [2.24, 2.45) is 0 Å². The third kappa shape index (κ3) is 2.79. The van der Waals surface area contributed by atoms with E-state index < -0.39 is 11.5 Å². The van der Waals surface area contributed by atoms with Gasteiger partial charge in [0.25, 0.3) is 5.56 Å². The quantitative estimate of drug-likeness (QED) is 0.870. The molecule has 0 aliphatic rings. The van der Waals surface area contributed by atoms with Crippen molar-refractivity contribution in [1.82, 2.24) is 4.57 Å². The van der Waals surface area contributed by atoms with Gasteiger partial charge in [-0.2, -0.15) is 0 Å². The molecule has 2 aromatic rings. The van der Waals surface area contributed by atoms with E-state index in [1.54, 1.807) is 37.4 Å². The van der Waals surface area contributed by atoms with E-state index >= 15 is 0 Å². The van der Waals surface area contributed by atoms with Gasteiger partial charge in [0, 0.05) is 0 Å². The topological polar surface area (TPSA) is 68.5 Å². The van der Waals surface area contributed by atoms with Gasteiger partial charge in [-0.3, -0.25) is 9.36 Å².